The molecule has 2 N–H and O–H groups in total. The van der Waals surface area contributed by atoms with E-state index < -0.39 is 11.6 Å². The predicted molar refractivity (Wildman–Crippen MR) is 56.7 cm³/mol. The van der Waals surface area contributed by atoms with Gasteiger partial charge in [0.15, 0.2) is 5.60 Å². The zero-order valence-corrected chi connectivity index (χ0v) is 9.14. The van der Waals surface area contributed by atoms with E-state index in [1.165, 1.54) is 6.92 Å². The van der Waals surface area contributed by atoms with Crippen LogP contribution in [-0.2, 0) is 4.79 Å². The van der Waals surface area contributed by atoms with Crippen LogP contribution < -0.4 is 9.47 Å². The second-order valence-electron chi connectivity index (χ2n) is 3.54. The van der Waals surface area contributed by atoms with E-state index in [9.17, 15) is 9.90 Å². The molecule has 0 heterocycles. The minimum absolute atomic E-state index is 0.311. The molecule has 0 radical (unpaired) electrons. The summed E-state index contributed by atoms with van der Waals surface area (Å²) in [4.78, 5) is 10.6. The van der Waals surface area contributed by atoms with E-state index in [0.717, 1.165) is 0 Å². The van der Waals surface area contributed by atoms with Crippen LogP contribution in [0, 0.1) is 0 Å². The molecule has 5 nitrogen and oxygen atoms in total. The quantitative estimate of drug-likeness (QED) is 0.780. The highest BCUT2D eigenvalue weighted by molar-refractivity contribution is 5.76. The molecule has 0 aromatic heterocycles. The minimum atomic E-state index is -1.89. The van der Waals surface area contributed by atoms with Gasteiger partial charge in [0.25, 0.3) is 0 Å². The highest BCUT2D eigenvalue weighted by Crippen LogP contribution is 2.18. The molecule has 0 amide bonds. The number of aliphatic hydroxyl groups is 1. The topological polar surface area (TPSA) is 76.0 Å². The molecule has 0 saturated carbocycles. The maximum Gasteiger partial charge on any atom is 0.339 e. The smallest absolute Gasteiger partial charge is 0.339 e. The molecule has 16 heavy (non-hydrogen) atoms. The molecule has 1 aromatic carbocycles. The lowest BCUT2D eigenvalue weighted by Crippen LogP contribution is -2.41. The van der Waals surface area contributed by atoms with Crippen LogP contribution in [0.1, 0.15) is 6.92 Å². The number of methoxy groups -OCH3 is 1. The number of carbonyl (C=O) groups is 1. The van der Waals surface area contributed by atoms with Crippen molar-refractivity contribution in [3.8, 4) is 11.5 Å². The molecule has 0 saturated heterocycles. The molecule has 0 aliphatic heterocycles. The van der Waals surface area contributed by atoms with Gasteiger partial charge in [-0.3, -0.25) is 0 Å². The van der Waals surface area contributed by atoms with Gasteiger partial charge in [0.05, 0.1) is 7.11 Å². The summed E-state index contributed by atoms with van der Waals surface area (Å²) < 4.78 is 10.1. The first-order valence-corrected chi connectivity index (χ1v) is 4.68. The molecule has 0 fully saturated rings. The molecule has 0 spiro atoms. The van der Waals surface area contributed by atoms with Crippen molar-refractivity contribution in [2.24, 2.45) is 0 Å². The first-order chi connectivity index (χ1) is 7.45. The van der Waals surface area contributed by atoms with Gasteiger partial charge in [-0.1, -0.05) is 0 Å². The summed E-state index contributed by atoms with van der Waals surface area (Å²) in [6, 6.07) is 6.64. The number of carboxylic acids is 1. The lowest BCUT2D eigenvalue weighted by molar-refractivity contribution is -0.159. The Bertz CT molecular complexity index is 355. The molecule has 1 unspecified atom stereocenters. The standard InChI is InChI=1S/C11H14O5/c1-11(14,10(12)13)7-16-9-5-3-8(15-2)4-6-9/h3-6,14H,7H2,1-2H3,(H,12,13). The first kappa shape index (κ1) is 12.3. The summed E-state index contributed by atoms with van der Waals surface area (Å²) in [5, 5.41) is 18.1. The third-order valence-corrected chi connectivity index (χ3v) is 2.04. The second kappa shape index (κ2) is 4.85. The van der Waals surface area contributed by atoms with Crippen molar-refractivity contribution in [3.63, 3.8) is 0 Å². The Kier molecular flexibility index (Phi) is 3.73. The lowest BCUT2D eigenvalue weighted by Gasteiger charge is -2.18. The number of hydrogen-bond donors (Lipinski definition) is 2. The van der Waals surface area contributed by atoms with Gasteiger partial charge < -0.3 is 19.7 Å². The Morgan fingerprint density at radius 2 is 1.81 bits per heavy atom. The maximum atomic E-state index is 10.6. The summed E-state index contributed by atoms with van der Waals surface area (Å²) >= 11 is 0. The Morgan fingerprint density at radius 1 is 1.31 bits per heavy atom. The van der Waals surface area contributed by atoms with Crippen LogP contribution in [0.2, 0.25) is 0 Å². The van der Waals surface area contributed by atoms with E-state index in [2.05, 4.69) is 0 Å². The number of aliphatic carboxylic acids is 1. The number of hydrogen-bond acceptors (Lipinski definition) is 4. The maximum absolute atomic E-state index is 10.6. The van der Waals surface area contributed by atoms with E-state index in [1.54, 1.807) is 31.4 Å². The fraction of sp³-hybridized carbons (Fsp3) is 0.364. The lowest BCUT2D eigenvalue weighted by atomic mass is 10.1. The second-order valence-corrected chi connectivity index (χ2v) is 3.54. The Balaban J connectivity index is 2.58. The highest BCUT2D eigenvalue weighted by atomic mass is 16.5. The fourth-order valence-electron chi connectivity index (χ4n) is 0.958. The van der Waals surface area contributed by atoms with Gasteiger partial charge in [-0.05, 0) is 31.2 Å². The fourth-order valence-corrected chi connectivity index (χ4v) is 0.958. The zero-order chi connectivity index (χ0) is 12.2. The summed E-state index contributed by atoms with van der Waals surface area (Å²) in [6.07, 6.45) is 0. The normalized spacial score (nSPS) is 13.9. The van der Waals surface area contributed by atoms with Gasteiger partial charge in [0.2, 0.25) is 0 Å². The Labute approximate surface area is 93.2 Å². The third-order valence-electron chi connectivity index (χ3n) is 2.04. The van der Waals surface area contributed by atoms with Crippen molar-refractivity contribution in [1.82, 2.24) is 0 Å². The van der Waals surface area contributed by atoms with E-state index in [0.29, 0.717) is 11.5 Å². The van der Waals surface area contributed by atoms with Crippen LogP contribution in [0.5, 0.6) is 11.5 Å². The molecule has 1 aromatic rings. The Morgan fingerprint density at radius 3 is 2.25 bits per heavy atom. The van der Waals surface area contributed by atoms with Gasteiger partial charge in [-0.15, -0.1) is 0 Å². The molecule has 88 valence electrons. The molecule has 0 aliphatic carbocycles. The summed E-state index contributed by atoms with van der Waals surface area (Å²) in [5.41, 5.74) is -1.89. The van der Waals surface area contributed by atoms with Crippen molar-refractivity contribution in [2.75, 3.05) is 13.7 Å². The van der Waals surface area contributed by atoms with E-state index in [4.69, 9.17) is 14.6 Å². The van der Waals surface area contributed by atoms with Gasteiger partial charge in [-0.25, -0.2) is 4.79 Å². The Hall–Kier alpha value is -1.75. The van der Waals surface area contributed by atoms with Crippen LogP contribution in [0.15, 0.2) is 24.3 Å². The van der Waals surface area contributed by atoms with Gasteiger partial charge in [0.1, 0.15) is 18.1 Å². The minimum Gasteiger partial charge on any atom is -0.497 e. The van der Waals surface area contributed by atoms with E-state index >= 15 is 0 Å². The van der Waals surface area contributed by atoms with Crippen molar-refractivity contribution < 1.29 is 24.5 Å². The van der Waals surface area contributed by atoms with Gasteiger partial charge >= 0.3 is 5.97 Å². The molecular formula is C11H14O5. The summed E-state index contributed by atoms with van der Waals surface area (Å²) in [7, 11) is 1.55. The van der Waals surface area contributed by atoms with Crippen molar-refractivity contribution >= 4 is 5.97 Å². The first-order valence-electron chi connectivity index (χ1n) is 4.68. The monoisotopic (exact) mass is 226 g/mol. The number of rotatable bonds is 5. The average molecular weight is 226 g/mol. The van der Waals surface area contributed by atoms with Crippen molar-refractivity contribution in [2.45, 2.75) is 12.5 Å². The van der Waals surface area contributed by atoms with Gasteiger partial charge in [0, 0.05) is 0 Å². The summed E-state index contributed by atoms with van der Waals surface area (Å²) in [6.45, 7) is 0.869. The van der Waals surface area contributed by atoms with E-state index in [1.807, 2.05) is 0 Å². The largest absolute Gasteiger partial charge is 0.497 e. The van der Waals surface area contributed by atoms with Crippen molar-refractivity contribution in [1.29, 1.82) is 0 Å². The van der Waals surface area contributed by atoms with Crippen LogP contribution in [0.3, 0.4) is 0 Å². The van der Waals surface area contributed by atoms with Crippen LogP contribution in [-0.4, -0.2) is 35.5 Å². The van der Waals surface area contributed by atoms with Gasteiger partial charge in [-0.2, -0.15) is 0 Å². The predicted octanol–water partition coefficient (Wildman–Crippen LogP) is 0.910. The average Bonchev–Trinajstić information content (AvgIpc) is 2.27. The number of benzene rings is 1. The molecular weight excluding hydrogens is 212 g/mol. The van der Waals surface area contributed by atoms with E-state index in [-0.39, 0.29) is 6.61 Å². The molecule has 1 rings (SSSR count). The molecule has 1 atom stereocenters. The highest BCUT2D eigenvalue weighted by Gasteiger charge is 2.30. The van der Waals surface area contributed by atoms with Crippen LogP contribution in [0.25, 0.3) is 0 Å². The molecule has 0 bridgehead atoms. The SMILES string of the molecule is COc1ccc(OCC(C)(O)C(=O)O)cc1. The zero-order valence-electron chi connectivity index (χ0n) is 9.14. The number of carboxylic acid groups (broad SMARTS) is 1. The third kappa shape index (κ3) is 3.13. The van der Waals surface area contributed by atoms with Crippen molar-refractivity contribution in [3.05, 3.63) is 24.3 Å². The summed E-state index contributed by atoms with van der Waals surface area (Å²) in [5.74, 6) is -0.166. The van der Waals surface area contributed by atoms with Crippen LogP contribution in [0.4, 0.5) is 0 Å². The van der Waals surface area contributed by atoms with Crippen LogP contribution >= 0.6 is 0 Å². The molecule has 0 aliphatic rings. The number of ether oxygens (including phenoxy) is 2. The molecule has 5 heteroatoms.